The molecule has 2 aromatic rings. The molecule has 110 valence electrons. The standard InChI is InChI=1S/C15H22N2OS2/c1-4-10-18-13-7-5-6-12-14(13)16-15(19)17(12)9-8-11(2)20-3/h5-7,11H,4,8-10H2,1-3H3,(H,16,19). The zero-order valence-electron chi connectivity index (χ0n) is 12.3. The maximum absolute atomic E-state index is 5.79. The fourth-order valence-electron chi connectivity index (χ4n) is 2.14. The summed E-state index contributed by atoms with van der Waals surface area (Å²) < 4.78 is 8.74. The second-order valence-electron chi connectivity index (χ2n) is 4.92. The SMILES string of the molecule is CCCOc1cccc2c1[nH]c(=S)n2CCC(C)SC. The third-order valence-corrected chi connectivity index (χ3v) is 4.76. The number of nitrogens with zero attached hydrogens (tertiary/aromatic N) is 1. The van der Waals surface area contributed by atoms with Crippen LogP contribution in [0.5, 0.6) is 5.75 Å². The molecule has 1 aromatic carbocycles. The minimum absolute atomic E-state index is 0.640. The number of benzene rings is 1. The lowest BCUT2D eigenvalue weighted by atomic mass is 10.2. The van der Waals surface area contributed by atoms with Gasteiger partial charge in [-0.2, -0.15) is 11.8 Å². The van der Waals surface area contributed by atoms with Gasteiger partial charge >= 0.3 is 0 Å². The Morgan fingerprint density at radius 2 is 2.25 bits per heavy atom. The fraction of sp³-hybridized carbons (Fsp3) is 0.533. The van der Waals surface area contributed by atoms with Gasteiger partial charge in [0.1, 0.15) is 11.3 Å². The van der Waals surface area contributed by atoms with Crippen molar-refractivity contribution in [3.05, 3.63) is 23.0 Å². The minimum Gasteiger partial charge on any atom is -0.491 e. The molecule has 1 aromatic heterocycles. The van der Waals surface area contributed by atoms with Crippen molar-refractivity contribution >= 4 is 35.0 Å². The maximum Gasteiger partial charge on any atom is 0.178 e. The van der Waals surface area contributed by atoms with Gasteiger partial charge in [0.15, 0.2) is 4.77 Å². The highest BCUT2D eigenvalue weighted by Gasteiger charge is 2.10. The first kappa shape index (κ1) is 15.4. The first-order valence-electron chi connectivity index (χ1n) is 7.04. The molecular formula is C15H22N2OS2. The van der Waals surface area contributed by atoms with Gasteiger partial charge in [-0.25, -0.2) is 0 Å². The molecule has 0 fully saturated rings. The van der Waals surface area contributed by atoms with Gasteiger partial charge < -0.3 is 14.3 Å². The van der Waals surface area contributed by atoms with E-state index in [9.17, 15) is 0 Å². The van der Waals surface area contributed by atoms with Crippen LogP contribution < -0.4 is 4.74 Å². The van der Waals surface area contributed by atoms with Crippen molar-refractivity contribution < 1.29 is 4.74 Å². The molecule has 0 aliphatic carbocycles. The van der Waals surface area contributed by atoms with Gasteiger partial charge in [0.25, 0.3) is 0 Å². The molecule has 0 saturated carbocycles. The van der Waals surface area contributed by atoms with E-state index in [1.807, 2.05) is 23.9 Å². The number of hydrogen-bond acceptors (Lipinski definition) is 3. The van der Waals surface area contributed by atoms with Crippen LogP contribution >= 0.6 is 24.0 Å². The number of aromatic amines is 1. The van der Waals surface area contributed by atoms with Gasteiger partial charge in [0.2, 0.25) is 0 Å². The molecule has 0 bridgehead atoms. The highest BCUT2D eigenvalue weighted by molar-refractivity contribution is 7.99. The summed E-state index contributed by atoms with van der Waals surface area (Å²) in [6, 6.07) is 6.13. The molecule has 0 amide bonds. The van der Waals surface area contributed by atoms with E-state index < -0.39 is 0 Å². The van der Waals surface area contributed by atoms with Crippen LogP contribution in [0.4, 0.5) is 0 Å². The highest BCUT2D eigenvalue weighted by atomic mass is 32.2. The van der Waals surface area contributed by atoms with Crippen molar-refractivity contribution in [3.63, 3.8) is 0 Å². The molecule has 0 saturated heterocycles. The van der Waals surface area contributed by atoms with Crippen LogP contribution in [-0.4, -0.2) is 27.7 Å². The summed E-state index contributed by atoms with van der Waals surface area (Å²) in [6.07, 6.45) is 4.27. The Morgan fingerprint density at radius 1 is 1.45 bits per heavy atom. The van der Waals surface area contributed by atoms with Gasteiger partial charge in [-0.05, 0) is 43.4 Å². The molecule has 5 heteroatoms. The van der Waals surface area contributed by atoms with Crippen molar-refractivity contribution in [1.82, 2.24) is 9.55 Å². The Labute approximate surface area is 129 Å². The first-order chi connectivity index (χ1) is 9.67. The lowest BCUT2D eigenvalue weighted by molar-refractivity contribution is 0.320. The van der Waals surface area contributed by atoms with E-state index in [1.165, 1.54) is 0 Å². The summed E-state index contributed by atoms with van der Waals surface area (Å²) in [6.45, 7) is 6.03. The van der Waals surface area contributed by atoms with E-state index in [4.69, 9.17) is 17.0 Å². The van der Waals surface area contributed by atoms with Crippen LogP contribution in [-0.2, 0) is 6.54 Å². The average Bonchev–Trinajstić information content (AvgIpc) is 2.78. The predicted molar refractivity (Wildman–Crippen MR) is 90.5 cm³/mol. The molecule has 0 aliphatic heterocycles. The van der Waals surface area contributed by atoms with Gasteiger partial charge in [0.05, 0.1) is 12.1 Å². The number of ether oxygens (including phenoxy) is 1. The third-order valence-electron chi connectivity index (χ3n) is 3.40. The third kappa shape index (κ3) is 3.38. The summed E-state index contributed by atoms with van der Waals surface area (Å²) in [5.74, 6) is 0.895. The van der Waals surface area contributed by atoms with E-state index in [0.717, 1.165) is 47.5 Å². The molecule has 2 rings (SSSR count). The molecular weight excluding hydrogens is 288 g/mol. The van der Waals surface area contributed by atoms with Crippen molar-refractivity contribution in [3.8, 4) is 5.75 Å². The Kier molecular flexibility index (Phi) is 5.54. The molecule has 1 heterocycles. The lowest BCUT2D eigenvalue weighted by Gasteiger charge is -2.10. The normalized spacial score (nSPS) is 12.8. The number of fused-ring (bicyclic) bond motifs is 1. The Morgan fingerprint density at radius 3 is 2.95 bits per heavy atom. The van der Waals surface area contributed by atoms with E-state index in [-0.39, 0.29) is 0 Å². The van der Waals surface area contributed by atoms with Crippen LogP contribution in [0.1, 0.15) is 26.7 Å². The Bertz CT molecular complexity index is 618. The predicted octanol–water partition coefficient (Wildman–Crippen LogP) is 4.63. The summed E-state index contributed by atoms with van der Waals surface area (Å²) in [4.78, 5) is 3.29. The molecule has 0 aliphatic rings. The number of H-pyrrole nitrogens is 1. The van der Waals surface area contributed by atoms with Crippen LogP contribution in [0.15, 0.2) is 18.2 Å². The summed E-state index contributed by atoms with van der Waals surface area (Å²) in [5.41, 5.74) is 2.15. The number of aryl methyl sites for hydroxylation is 1. The fourth-order valence-corrected chi connectivity index (χ4v) is 2.77. The van der Waals surface area contributed by atoms with Crippen molar-refractivity contribution in [2.75, 3.05) is 12.9 Å². The highest BCUT2D eigenvalue weighted by Crippen LogP contribution is 2.25. The van der Waals surface area contributed by atoms with E-state index in [0.29, 0.717) is 5.25 Å². The number of thioether (sulfide) groups is 1. The van der Waals surface area contributed by atoms with Crippen LogP contribution in [0, 0.1) is 4.77 Å². The largest absolute Gasteiger partial charge is 0.491 e. The number of imidazole rings is 1. The maximum atomic E-state index is 5.79. The zero-order valence-corrected chi connectivity index (χ0v) is 13.9. The monoisotopic (exact) mass is 310 g/mol. The molecule has 20 heavy (non-hydrogen) atoms. The van der Waals surface area contributed by atoms with Gasteiger partial charge in [-0.15, -0.1) is 0 Å². The first-order valence-corrected chi connectivity index (χ1v) is 8.74. The number of rotatable bonds is 7. The average molecular weight is 310 g/mol. The molecule has 3 nitrogen and oxygen atoms in total. The minimum atomic E-state index is 0.640. The van der Waals surface area contributed by atoms with Crippen molar-refractivity contribution in [2.24, 2.45) is 0 Å². The topological polar surface area (TPSA) is 29.9 Å². The summed E-state index contributed by atoms with van der Waals surface area (Å²) in [5, 5.41) is 0.640. The van der Waals surface area contributed by atoms with Gasteiger partial charge in [-0.1, -0.05) is 19.9 Å². The molecule has 1 unspecified atom stereocenters. The summed E-state index contributed by atoms with van der Waals surface area (Å²) in [7, 11) is 0. The van der Waals surface area contributed by atoms with Crippen LogP contribution in [0.25, 0.3) is 11.0 Å². The van der Waals surface area contributed by atoms with Crippen molar-refractivity contribution in [1.29, 1.82) is 0 Å². The Balaban J connectivity index is 2.31. The van der Waals surface area contributed by atoms with E-state index in [2.05, 4.69) is 35.7 Å². The Hall–Kier alpha value is -0.940. The molecule has 0 radical (unpaired) electrons. The molecule has 1 N–H and O–H groups in total. The number of para-hydroxylation sites is 1. The quantitative estimate of drug-likeness (QED) is 0.756. The summed E-state index contributed by atoms with van der Waals surface area (Å²) >= 11 is 7.35. The van der Waals surface area contributed by atoms with Gasteiger partial charge in [-0.3, -0.25) is 0 Å². The lowest BCUT2D eigenvalue weighted by Crippen LogP contribution is -2.04. The van der Waals surface area contributed by atoms with Crippen molar-refractivity contribution in [2.45, 2.75) is 38.5 Å². The number of aromatic nitrogens is 2. The smallest absolute Gasteiger partial charge is 0.178 e. The van der Waals surface area contributed by atoms with Gasteiger partial charge in [0, 0.05) is 11.8 Å². The number of hydrogen-bond donors (Lipinski definition) is 1. The van der Waals surface area contributed by atoms with Crippen LogP contribution in [0.2, 0.25) is 0 Å². The number of nitrogens with one attached hydrogen (secondary N) is 1. The van der Waals surface area contributed by atoms with Crippen LogP contribution in [0.3, 0.4) is 0 Å². The van der Waals surface area contributed by atoms with E-state index >= 15 is 0 Å². The second-order valence-corrected chi connectivity index (χ2v) is 6.58. The molecule has 0 spiro atoms. The zero-order chi connectivity index (χ0) is 14.5. The molecule has 1 atom stereocenters. The second kappa shape index (κ2) is 7.18. The van der Waals surface area contributed by atoms with E-state index in [1.54, 1.807) is 0 Å².